The van der Waals surface area contributed by atoms with Gasteiger partial charge in [0.2, 0.25) is 0 Å². The van der Waals surface area contributed by atoms with Gasteiger partial charge in [-0.05, 0) is 59.7 Å². The molecule has 0 saturated carbocycles. The van der Waals surface area contributed by atoms with E-state index in [0.717, 1.165) is 31.4 Å². The lowest BCUT2D eigenvalue weighted by molar-refractivity contribution is 0.373. The summed E-state index contributed by atoms with van der Waals surface area (Å²) in [5, 5.41) is 20.6. The highest BCUT2D eigenvalue weighted by molar-refractivity contribution is 9.10. The number of benzene rings is 4. The largest absolute Gasteiger partial charge is 0.504 e. The molecule has 0 bridgehead atoms. The number of phenolic OH excluding ortho intramolecular Hbond substituents is 2. The Morgan fingerprint density at radius 3 is 1.31 bits per heavy atom. The fourth-order valence-electron chi connectivity index (χ4n) is 3.46. The minimum atomic E-state index is 0.0399. The molecule has 182 valence electrons. The van der Waals surface area contributed by atoms with Gasteiger partial charge in [-0.3, -0.25) is 9.98 Å². The first-order chi connectivity index (χ1) is 17.4. The molecule has 0 amide bonds. The first kappa shape index (κ1) is 25.5. The first-order valence-electron chi connectivity index (χ1n) is 10.8. The van der Waals surface area contributed by atoms with E-state index in [2.05, 4.69) is 41.8 Å². The summed E-state index contributed by atoms with van der Waals surface area (Å²) in [6.45, 7) is 0. The molecular weight excluding hydrogens is 588 g/mol. The molecule has 4 aromatic carbocycles. The summed E-state index contributed by atoms with van der Waals surface area (Å²) in [6, 6.07) is 22.5. The van der Waals surface area contributed by atoms with E-state index in [1.54, 1.807) is 36.7 Å². The number of halogens is 2. The number of rotatable bonds is 7. The summed E-state index contributed by atoms with van der Waals surface area (Å²) in [5.41, 5.74) is 4.67. The highest BCUT2D eigenvalue weighted by Gasteiger charge is 2.09. The van der Waals surface area contributed by atoms with E-state index in [1.807, 2.05) is 48.5 Å². The smallest absolute Gasteiger partial charge is 0.166 e. The lowest BCUT2D eigenvalue weighted by Gasteiger charge is -2.07. The van der Waals surface area contributed by atoms with Crippen LogP contribution in [0, 0.1) is 0 Å². The number of ether oxygens (including phenoxy) is 2. The standard InChI is InChI=1S/C28H22Br2N2O4/c1-35-25-13-21(29)11-19(27(25)33)15-31-23-7-3-17(4-8-23)18-5-9-24(10-6-18)32-16-20-12-22(30)14-26(36-2)28(20)34/h3-16,33-34H,1-2H3. The average Bonchev–Trinajstić information content (AvgIpc) is 2.89. The zero-order valence-electron chi connectivity index (χ0n) is 19.4. The molecule has 0 spiro atoms. The third-order valence-electron chi connectivity index (χ3n) is 5.35. The van der Waals surface area contributed by atoms with Gasteiger partial charge >= 0.3 is 0 Å². The molecule has 0 radical (unpaired) electrons. The normalized spacial score (nSPS) is 11.3. The Balaban J connectivity index is 1.48. The molecule has 8 heteroatoms. The summed E-state index contributed by atoms with van der Waals surface area (Å²) in [4.78, 5) is 8.94. The average molecular weight is 610 g/mol. The number of hydrogen-bond acceptors (Lipinski definition) is 6. The van der Waals surface area contributed by atoms with Gasteiger partial charge in [-0.15, -0.1) is 0 Å². The quantitative estimate of drug-likeness (QED) is 0.209. The van der Waals surface area contributed by atoms with Crippen LogP contribution in [-0.2, 0) is 0 Å². The third-order valence-corrected chi connectivity index (χ3v) is 6.27. The van der Waals surface area contributed by atoms with Crippen LogP contribution in [0.1, 0.15) is 11.1 Å². The van der Waals surface area contributed by atoms with Crippen molar-refractivity contribution >= 4 is 55.7 Å². The summed E-state index contributed by atoms with van der Waals surface area (Å²) in [7, 11) is 3.01. The lowest BCUT2D eigenvalue weighted by Crippen LogP contribution is -1.89. The fourth-order valence-corrected chi connectivity index (χ4v) is 4.37. The number of hydrogen-bond donors (Lipinski definition) is 2. The van der Waals surface area contributed by atoms with Gasteiger partial charge in [0.15, 0.2) is 23.0 Å². The number of nitrogens with zero attached hydrogens (tertiary/aromatic N) is 2. The van der Waals surface area contributed by atoms with Crippen LogP contribution in [0.25, 0.3) is 11.1 Å². The van der Waals surface area contributed by atoms with Gasteiger partial charge < -0.3 is 19.7 Å². The molecule has 6 nitrogen and oxygen atoms in total. The van der Waals surface area contributed by atoms with Gasteiger partial charge in [-0.2, -0.15) is 0 Å². The van der Waals surface area contributed by atoms with Gasteiger partial charge in [0, 0.05) is 32.5 Å². The molecule has 4 aromatic rings. The summed E-state index contributed by atoms with van der Waals surface area (Å²) >= 11 is 6.82. The van der Waals surface area contributed by atoms with Crippen molar-refractivity contribution in [1.29, 1.82) is 0 Å². The second-order valence-electron chi connectivity index (χ2n) is 7.70. The number of aliphatic imine (C=N–C) groups is 2. The van der Waals surface area contributed by atoms with E-state index >= 15 is 0 Å². The molecule has 0 aromatic heterocycles. The van der Waals surface area contributed by atoms with Crippen LogP contribution in [-0.4, -0.2) is 36.9 Å². The van der Waals surface area contributed by atoms with Crippen molar-refractivity contribution in [2.24, 2.45) is 9.98 Å². The predicted octanol–water partition coefficient (Wildman–Crippen LogP) is 7.81. The van der Waals surface area contributed by atoms with Gasteiger partial charge in [-0.1, -0.05) is 56.1 Å². The Bertz CT molecular complexity index is 1320. The predicted molar refractivity (Wildman–Crippen MR) is 151 cm³/mol. The molecule has 0 atom stereocenters. The Kier molecular flexibility index (Phi) is 8.07. The molecule has 0 aliphatic heterocycles. The molecule has 2 N–H and O–H groups in total. The third kappa shape index (κ3) is 5.95. The molecule has 0 aliphatic rings. The summed E-state index contributed by atoms with van der Waals surface area (Å²) in [5.74, 6) is 0.834. The molecule has 0 fully saturated rings. The van der Waals surface area contributed by atoms with E-state index in [1.165, 1.54) is 14.2 Å². The van der Waals surface area contributed by atoms with Crippen LogP contribution in [0.4, 0.5) is 11.4 Å². The number of phenols is 2. The monoisotopic (exact) mass is 608 g/mol. The SMILES string of the molecule is COc1cc(Br)cc(C=Nc2ccc(-c3ccc(N=Cc4cc(Br)cc(OC)c4O)cc3)cc2)c1O. The highest BCUT2D eigenvalue weighted by atomic mass is 79.9. The Morgan fingerprint density at radius 2 is 0.972 bits per heavy atom. The molecule has 0 saturated heterocycles. The fraction of sp³-hybridized carbons (Fsp3) is 0.0714. The Morgan fingerprint density at radius 1 is 0.611 bits per heavy atom. The van der Waals surface area contributed by atoms with Gasteiger partial charge in [-0.25, -0.2) is 0 Å². The zero-order valence-corrected chi connectivity index (χ0v) is 22.6. The van der Waals surface area contributed by atoms with Crippen LogP contribution >= 0.6 is 31.9 Å². The Hall–Kier alpha value is -3.62. The van der Waals surface area contributed by atoms with E-state index in [-0.39, 0.29) is 11.5 Å². The van der Waals surface area contributed by atoms with Gasteiger partial charge in [0.05, 0.1) is 25.6 Å². The van der Waals surface area contributed by atoms with Crippen molar-refractivity contribution in [3.8, 4) is 34.1 Å². The van der Waals surface area contributed by atoms with Crippen molar-refractivity contribution in [2.45, 2.75) is 0 Å². The van der Waals surface area contributed by atoms with Crippen molar-refractivity contribution in [3.05, 3.63) is 92.9 Å². The first-order valence-corrected chi connectivity index (χ1v) is 12.4. The number of methoxy groups -OCH3 is 2. The minimum absolute atomic E-state index is 0.0399. The molecule has 0 aliphatic carbocycles. The molecular formula is C28H22Br2N2O4. The molecule has 36 heavy (non-hydrogen) atoms. The maximum atomic E-state index is 10.3. The van der Waals surface area contributed by atoms with Gasteiger partial charge in [0.25, 0.3) is 0 Å². The zero-order chi connectivity index (χ0) is 25.7. The van der Waals surface area contributed by atoms with E-state index in [0.29, 0.717) is 22.6 Å². The van der Waals surface area contributed by atoms with Crippen LogP contribution in [0.15, 0.2) is 91.7 Å². The maximum absolute atomic E-state index is 10.3. The van der Waals surface area contributed by atoms with E-state index in [4.69, 9.17) is 9.47 Å². The summed E-state index contributed by atoms with van der Waals surface area (Å²) < 4.78 is 11.9. The van der Waals surface area contributed by atoms with Crippen molar-refractivity contribution in [1.82, 2.24) is 0 Å². The topological polar surface area (TPSA) is 83.6 Å². The van der Waals surface area contributed by atoms with Crippen LogP contribution in [0.3, 0.4) is 0 Å². The van der Waals surface area contributed by atoms with Crippen LogP contribution < -0.4 is 9.47 Å². The molecule has 4 rings (SSSR count). The molecule has 0 heterocycles. The Labute approximate surface area is 225 Å². The van der Waals surface area contributed by atoms with Crippen LogP contribution in [0.5, 0.6) is 23.0 Å². The van der Waals surface area contributed by atoms with Gasteiger partial charge in [0.1, 0.15) is 0 Å². The van der Waals surface area contributed by atoms with Crippen molar-refractivity contribution < 1.29 is 19.7 Å². The molecule has 0 unspecified atom stereocenters. The van der Waals surface area contributed by atoms with Crippen molar-refractivity contribution in [3.63, 3.8) is 0 Å². The number of aromatic hydroxyl groups is 2. The van der Waals surface area contributed by atoms with Crippen molar-refractivity contribution in [2.75, 3.05) is 14.2 Å². The minimum Gasteiger partial charge on any atom is -0.504 e. The second kappa shape index (κ2) is 11.4. The van der Waals surface area contributed by atoms with Crippen LogP contribution in [0.2, 0.25) is 0 Å². The lowest BCUT2D eigenvalue weighted by atomic mass is 10.1. The maximum Gasteiger partial charge on any atom is 0.166 e. The second-order valence-corrected chi connectivity index (χ2v) is 9.53. The van der Waals surface area contributed by atoms with E-state index in [9.17, 15) is 10.2 Å². The summed E-state index contributed by atoms with van der Waals surface area (Å²) in [6.07, 6.45) is 3.20. The van der Waals surface area contributed by atoms with E-state index < -0.39 is 0 Å². The highest BCUT2D eigenvalue weighted by Crippen LogP contribution is 2.34.